The number of nitrogens with one attached hydrogen (secondary N) is 1. The van der Waals surface area contributed by atoms with Crippen LogP contribution in [-0.4, -0.2) is 17.3 Å². The smallest absolute Gasteiger partial charge is 0.196 e. The molecule has 0 amide bonds. The summed E-state index contributed by atoms with van der Waals surface area (Å²) in [6.45, 7) is 0.958. The second-order valence-corrected chi connectivity index (χ2v) is 4.59. The monoisotopic (exact) mass is 256 g/mol. The van der Waals surface area contributed by atoms with E-state index in [0.717, 1.165) is 36.8 Å². The lowest BCUT2D eigenvalue weighted by Gasteiger charge is -2.18. The number of pyridine rings is 1. The first-order chi connectivity index (χ1) is 9.25. The van der Waals surface area contributed by atoms with Crippen LogP contribution in [0.5, 0.6) is 0 Å². The van der Waals surface area contributed by atoms with Crippen LogP contribution in [0.4, 0.5) is 10.1 Å². The van der Waals surface area contributed by atoms with Crippen LogP contribution in [0.1, 0.15) is 27.9 Å². The second-order valence-electron chi connectivity index (χ2n) is 4.59. The van der Waals surface area contributed by atoms with Crippen molar-refractivity contribution in [2.24, 2.45) is 0 Å². The van der Waals surface area contributed by atoms with E-state index in [1.54, 1.807) is 6.07 Å². The van der Waals surface area contributed by atoms with Gasteiger partial charge in [-0.25, -0.2) is 4.39 Å². The summed E-state index contributed by atoms with van der Waals surface area (Å²) in [5, 5.41) is 3.28. The third-order valence-corrected chi connectivity index (χ3v) is 3.32. The lowest BCUT2D eigenvalue weighted by molar-refractivity contribution is 0.103. The van der Waals surface area contributed by atoms with Gasteiger partial charge in [-0.2, -0.15) is 0 Å². The molecule has 0 unspecified atom stereocenters. The third kappa shape index (κ3) is 2.21. The fourth-order valence-corrected chi connectivity index (χ4v) is 2.33. The predicted octanol–water partition coefficient (Wildman–Crippen LogP) is 2.81. The molecule has 0 bridgehead atoms. The van der Waals surface area contributed by atoms with Crippen molar-refractivity contribution in [2.45, 2.75) is 12.8 Å². The van der Waals surface area contributed by atoms with Crippen molar-refractivity contribution in [1.82, 2.24) is 4.98 Å². The zero-order valence-electron chi connectivity index (χ0n) is 10.3. The van der Waals surface area contributed by atoms with Gasteiger partial charge in [0.15, 0.2) is 11.6 Å². The zero-order chi connectivity index (χ0) is 13.2. The molecule has 1 N–H and O–H groups in total. The van der Waals surface area contributed by atoms with Crippen LogP contribution in [0.25, 0.3) is 0 Å². The third-order valence-electron chi connectivity index (χ3n) is 3.32. The Morgan fingerprint density at radius 3 is 3.05 bits per heavy atom. The molecule has 3 nitrogen and oxygen atoms in total. The number of hydrogen-bond donors (Lipinski definition) is 1. The molecular weight excluding hydrogens is 243 g/mol. The molecule has 3 rings (SSSR count). The Hall–Kier alpha value is -2.23. The highest BCUT2D eigenvalue weighted by Crippen LogP contribution is 2.24. The molecule has 0 aliphatic carbocycles. The van der Waals surface area contributed by atoms with Crippen LogP contribution in [0.2, 0.25) is 0 Å². The Labute approximate surface area is 110 Å². The van der Waals surface area contributed by atoms with Gasteiger partial charge in [0.2, 0.25) is 0 Å². The van der Waals surface area contributed by atoms with Crippen LogP contribution >= 0.6 is 0 Å². The van der Waals surface area contributed by atoms with E-state index in [0.29, 0.717) is 5.56 Å². The van der Waals surface area contributed by atoms with Crippen molar-refractivity contribution in [2.75, 3.05) is 11.9 Å². The molecule has 19 heavy (non-hydrogen) atoms. The summed E-state index contributed by atoms with van der Waals surface area (Å²) in [5.74, 6) is -0.878. The molecular formula is C15H13FN2O. The zero-order valence-corrected chi connectivity index (χ0v) is 10.3. The number of carbonyl (C=O) groups excluding carboxylic acids is 1. The van der Waals surface area contributed by atoms with Crippen LogP contribution in [0.15, 0.2) is 36.7 Å². The van der Waals surface area contributed by atoms with Crippen LogP contribution < -0.4 is 5.32 Å². The van der Waals surface area contributed by atoms with Gasteiger partial charge >= 0.3 is 0 Å². The Kier molecular flexibility index (Phi) is 2.99. The van der Waals surface area contributed by atoms with Crippen LogP contribution in [0.3, 0.4) is 0 Å². The molecule has 1 aliphatic rings. The summed E-state index contributed by atoms with van der Waals surface area (Å²) in [5.41, 5.74) is 2.77. The molecule has 0 spiro atoms. The number of aromatic nitrogens is 1. The molecule has 1 aliphatic heterocycles. The summed E-state index contributed by atoms with van der Waals surface area (Å²) < 4.78 is 13.6. The summed E-state index contributed by atoms with van der Waals surface area (Å²) in [6, 6.07) is 6.89. The topological polar surface area (TPSA) is 42.0 Å². The molecule has 0 saturated heterocycles. The summed E-state index contributed by atoms with van der Waals surface area (Å²) in [7, 11) is 0. The maximum atomic E-state index is 13.6. The normalized spacial score (nSPS) is 13.5. The quantitative estimate of drug-likeness (QED) is 0.840. The fraction of sp³-hybridized carbons (Fsp3) is 0.200. The minimum Gasteiger partial charge on any atom is -0.385 e. The number of hydrogen-bond acceptors (Lipinski definition) is 3. The molecule has 1 aromatic heterocycles. The minimum atomic E-state index is -0.580. The number of rotatable bonds is 2. The molecule has 4 heteroatoms. The average Bonchev–Trinajstić information content (AvgIpc) is 2.46. The Bertz CT molecular complexity index is 640. The van der Waals surface area contributed by atoms with Crippen molar-refractivity contribution in [1.29, 1.82) is 0 Å². The molecule has 0 radical (unpaired) electrons. The first kappa shape index (κ1) is 11.8. The Morgan fingerprint density at radius 1 is 1.32 bits per heavy atom. The first-order valence-corrected chi connectivity index (χ1v) is 6.27. The van der Waals surface area contributed by atoms with E-state index in [2.05, 4.69) is 10.3 Å². The summed E-state index contributed by atoms with van der Waals surface area (Å²) in [6.07, 6.45) is 4.49. The molecule has 1 aromatic carbocycles. The van der Waals surface area contributed by atoms with Crippen molar-refractivity contribution in [3.63, 3.8) is 0 Å². The number of aryl methyl sites for hydroxylation is 1. The first-order valence-electron chi connectivity index (χ1n) is 6.27. The van der Waals surface area contributed by atoms with Crippen LogP contribution in [0, 0.1) is 5.82 Å². The van der Waals surface area contributed by atoms with Crippen molar-refractivity contribution in [3.8, 4) is 0 Å². The van der Waals surface area contributed by atoms with Gasteiger partial charge in [-0.1, -0.05) is 0 Å². The maximum absolute atomic E-state index is 13.6. The standard InChI is InChI=1S/C15H13FN2O/c16-13-9-17-7-5-12(13)15(19)11-3-4-14-10(8-11)2-1-6-18-14/h3-5,7-9,18H,1-2,6H2. The van der Waals surface area contributed by atoms with E-state index in [1.807, 2.05) is 12.1 Å². The number of ketones is 1. The van der Waals surface area contributed by atoms with Gasteiger partial charge in [-0.3, -0.25) is 9.78 Å². The number of anilines is 1. The van der Waals surface area contributed by atoms with Crippen molar-refractivity contribution in [3.05, 3.63) is 59.2 Å². The molecule has 0 atom stereocenters. The highest BCUT2D eigenvalue weighted by atomic mass is 19.1. The molecule has 96 valence electrons. The van der Waals surface area contributed by atoms with Gasteiger partial charge < -0.3 is 5.32 Å². The van der Waals surface area contributed by atoms with Gasteiger partial charge in [-0.15, -0.1) is 0 Å². The van der Waals surface area contributed by atoms with E-state index < -0.39 is 5.82 Å². The molecule has 2 aromatic rings. The Morgan fingerprint density at radius 2 is 2.21 bits per heavy atom. The second kappa shape index (κ2) is 4.80. The maximum Gasteiger partial charge on any atom is 0.196 e. The Balaban J connectivity index is 1.98. The van der Waals surface area contributed by atoms with Gasteiger partial charge in [0.05, 0.1) is 11.8 Å². The molecule has 0 saturated carbocycles. The van der Waals surface area contributed by atoms with E-state index in [1.165, 1.54) is 12.3 Å². The highest BCUT2D eigenvalue weighted by molar-refractivity contribution is 6.09. The predicted molar refractivity (Wildman–Crippen MR) is 70.9 cm³/mol. The van der Waals surface area contributed by atoms with Gasteiger partial charge in [0.1, 0.15) is 0 Å². The largest absolute Gasteiger partial charge is 0.385 e. The fourth-order valence-electron chi connectivity index (χ4n) is 2.33. The highest BCUT2D eigenvalue weighted by Gasteiger charge is 2.16. The van der Waals surface area contributed by atoms with Gasteiger partial charge in [0.25, 0.3) is 0 Å². The number of fused-ring (bicyclic) bond motifs is 1. The van der Waals surface area contributed by atoms with Crippen molar-refractivity contribution >= 4 is 11.5 Å². The minimum absolute atomic E-state index is 0.0683. The SMILES string of the molecule is O=C(c1ccc2c(c1)CCCN2)c1ccncc1F. The van der Waals surface area contributed by atoms with Gasteiger partial charge in [0, 0.05) is 24.0 Å². The number of halogens is 1. The van der Waals surface area contributed by atoms with Crippen molar-refractivity contribution < 1.29 is 9.18 Å². The summed E-state index contributed by atoms with van der Waals surface area (Å²) >= 11 is 0. The molecule has 2 heterocycles. The van der Waals surface area contributed by atoms with E-state index in [-0.39, 0.29) is 11.3 Å². The number of nitrogens with zero attached hydrogens (tertiary/aromatic N) is 1. The lowest BCUT2D eigenvalue weighted by Crippen LogP contribution is -2.13. The lowest BCUT2D eigenvalue weighted by atomic mass is 9.97. The summed E-state index contributed by atoms with van der Waals surface area (Å²) in [4.78, 5) is 15.9. The van der Waals surface area contributed by atoms with Gasteiger partial charge in [-0.05, 0) is 42.7 Å². The van der Waals surface area contributed by atoms with E-state index >= 15 is 0 Å². The van der Waals surface area contributed by atoms with E-state index in [4.69, 9.17) is 0 Å². The van der Waals surface area contributed by atoms with Crippen LogP contribution in [-0.2, 0) is 6.42 Å². The van der Waals surface area contributed by atoms with E-state index in [9.17, 15) is 9.18 Å². The molecule has 0 fully saturated rings. The number of benzene rings is 1. The average molecular weight is 256 g/mol. The number of carbonyl (C=O) groups is 1.